The first-order valence-electron chi connectivity index (χ1n) is 8.31. The summed E-state index contributed by atoms with van der Waals surface area (Å²) in [5.74, 6) is 0.827. The monoisotopic (exact) mass is 365 g/mol. The fourth-order valence-corrected chi connectivity index (χ4v) is 2.65. The van der Waals surface area contributed by atoms with Gasteiger partial charge in [-0.1, -0.05) is 22.4 Å². The first kappa shape index (κ1) is 16.9. The van der Waals surface area contributed by atoms with Crippen LogP contribution in [0, 0.1) is 5.82 Å². The molecular formula is C19H16FN5O2. The molecule has 0 radical (unpaired) electrons. The van der Waals surface area contributed by atoms with E-state index in [1.165, 1.54) is 6.07 Å². The van der Waals surface area contributed by atoms with Crippen molar-refractivity contribution in [3.05, 3.63) is 66.4 Å². The number of nitrogens with zero attached hydrogens (tertiary/aromatic N) is 5. The van der Waals surface area contributed by atoms with Crippen LogP contribution < -0.4 is 4.90 Å². The van der Waals surface area contributed by atoms with Crippen molar-refractivity contribution in [1.82, 2.24) is 20.3 Å². The Bertz CT molecular complexity index is 1030. The molecule has 0 spiro atoms. The highest BCUT2D eigenvalue weighted by Crippen LogP contribution is 2.26. The van der Waals surface area contributed by atoms with Crippen LogP contribution in [-0.2, 0) is 0 Å². The van der Waals surface area contributed by atoms with Crippen LogP contribution in [0.1, 0.15) is 18.7 Å². The molecule has 4 aromatic rings. The average Bonchev–Trinajstić information content (AvgIpc) is 3.39. The summed E-state index contributed by atoms with van der Waals surface area (Å²) in [6, 6.07) is 11.8. The molecule has 0 unspecified atom stereocenters. The van der Waals surface area contributed by atoms with Gasteiger partial charge in [-0.2, -0.15) is 4.98 Å². The normalized spacial score (nSPS) is 12.1. The zero-order chi connectivity index (χ0) is 18.8. The zero-order valence-electron chi connectivity index (χ0n) is 14.7. The van der Waals surface area contributed by atoms with Crippen LogP contribution in [0.2, 0.25) is 0 Å². The Morgan fingerprint density at radius 2 is 1.93 bits per heavy atom. The van der Waals surface area contributed by atoms with Gasteiger partial charge in [0.15, 0.2) is 0 Å². The molecule has 0 fully saturated rings. The molecule has 136 valence electrons. The number of halogens is 1. The second-order valence-corrected chi connectivity index (χ2v) is 6.02. The maximum atomic E-state index is 13.9. The number of anilines is 1. The lowest BCUT2D eigenvalue weighted by Gasteiger charge is -2.24. The maximum Gasteiger partial charge on any atom is 0.259 e. The number of pyridine rings is 1. The molecule has 4 rings (SSSR count). The van der Waals surface area contributed by atoms with Gasteiger partial charge < -0.3 is 13.9 Å². The van der Waals surface area contributed by atoms with E-state index in [1.807, 2.05) is 37.1 Å². The average molecular weight is 365 g/mol. The van der Waals surface area contributed by atoms with E-state index < -0.39 is 5.82 Å². The summed E-state index contributed by atoms with van der Waals surface area (Å²) >= 11 is 0. The molecule has 1 atom stereocenters. The van der Waals surface area contributed by atoms with E-state index in [0.29, 0.717) is 11.1 Å². The second kappa shape index (κ2) is 6.99. The summed E-state index contributed by atoms with van der Waals surface area (Å²) < 4.78 is 24.0. The topological polar surface area (TPSA) is 81.1 Å². The summed E-state index contributed by atoms with van der Waals surface area (Å²) in [6.07, 6.45) is 3.18. The van der Waals surface area contributed by atoms with Crippen molar-refractivity contribution in [2.75, 3.05) is 11.9 Å². The van der Waals surface area contributed by atoms with Gasteiger partial charge in [0, 0.05) is 19.3 Å². The molecule has 0 bridgehead atoms. The SMILES string of the molecule is C[C@H](c1ccon1)N(C)c1ccc(-c2nc(-c3ccccc3F)no2)cn1. The Kier molecular flexibility index (Phi) is 4.37. The van der Waals surface area contributed by atoms with Gasteiger partial charge in [-0.15, -0.1) is 0 Å². The van der Waals surface area contributed by atoms with Crippen molar-refractivity contribution in [3.8, 4) is 22.8 Å². The molecule has 0 saturated carbocycles. The summed E-state index contributed by atoms with van der Waals surface area (Å²) in [5, 5.41) is 7.82. The summed E-state index contributed by atoms with van der Waals surface area (Å²) in [6.45, 7) is 2.01. The first-order chi connectivity index (χ1) is 13.1. The Hall–Kier alpha value is -3.55. The van der Waals surface area contributed by atoms with Gasteiger partial charge >= 0.3 is 0 Å². The second-order valence-electron chi connectivity index (χ2n) is 6.02. The van der Waals surface area contributed by atoms with Crippen LogP contribution in [0.5, 0.6) is 0 Å². The Balaban J connectivity index is 1.55. The van der Waals surface area contributed by atoms with E-state index in [4.69, 9.17) is 9.05 Å². The van der Waals surface area contributed by atoms with Crippen LogP contribution in [0.25, 0.3) is 22.8 Å². The van der Waals surface area contributed by atoms with E-state index in [1.54, 1.807) is 30.7 Å². The van der Waals surface area contributed by atoms with Crippen molar-refractivity contribution in [2.45, 2.75) is 13.0 Å². The van der Waals surface area contributed by atoms with Crippen molar-refractivity contribution in [3.63, 3.8) is 0 Å². The minimum Gasteiger partial charge on any atom is -0.364 e. The van der Waals surface area contributed by atoms with Gasteiger partial charge in [-0.25, -0.2) is 9.37 Å². The standard InChI is InChI=1S/C19H16FN5O2/c1-12(16-9-10-26-23-16)25(2)17-8-7-13(11-21-17)19-22-18(24-27-19)14-5-3-4-6-15(14)20/h3-12H,1-2H3/t12-/m1/s1. The summed E-state index contributed by atoms with van der Waals surface area (Å²) in [7, 11) is 1.92. The van der Waals surface area contributed by atoms with Crippen LogP contribution in [-0.4, -0.2) is 27.3 Å². The fraction of sp³-hybridized carbons (Fsp3) is 0.158. The number of aromatic nitrogens is 4. The van der Waals surface area contributed by atoms with Crippen LogP contribution in [0.4, 0.5) is 10.2 Å². The maximum absolute atomic E-state index is 13.9. The molecule has 1 aromatic carbocycles. The lowest BCUT2D eigenvalue weighted by atomic mass is 10.2. The number of hydrogen-bond acceptors (Lipinski definition) is 7. The molecule has 3 heterocycles. The van der Waals surface area contributed by atoms with Gasteiger partial charge in [0.05, 0.1) is 17.2 Å². The molecule has 3 aromatic heterocycles. The van der Waals surface area contributed by atoms with Gasteiger partial charge in [-0.05, 0) is 31.2 Å². The van der Waals surface area contributed by atoms with Gasteiger partial charge in [0.2, 0.25) is 5.82 Å². The van der Waals surface area contributed by atoms with E-state index in [9.17, 15) is 4.39 Å². The predicted molar refractivity (Wildman–Crippen MR) is 96.2 cm³/mol. The summed E-state index contributed by atoms with van der Waals surface area (Å²) in [4.78, 5) is 10.7. The number of rotatable bonds is 5. The van der Waals surface area contributed by atoms with Crippen molar-refractivity contribution >= 4 is 5.82 Å². The molecule has 0 saturated heterocycles. The van der Waals surface area contributed by atoms with Crippen LogP contribution in [0.3, 0.4) is 0 Å². The minimum atomic E-state index is -0.401. The van der Waals surface area contributed by atoms with Gasteiger partial charge in [0.25, 0.3) is 5.89 Å². The quantitative estimate of drug-likeness (QED) is 0.526. The third-order valence-electron chi connectivity index (χ3n) is 4.36. The molecule has 0 N–H and O–H groups in total. The number of benzene rings is 1. The summed E-state index contributed by atoms with van der Waals surface area (Å²) in [5.41, 5.74) is 1.75. The largest absolute Gasteiger partial charge is 0.364 e. The smallest absolute Gasteiger partial charge is 0.259 e. The van der Waals surface area contributed by atoms with Crippen LogP contribution >= 0.6 is 0 Å². The number of hydrogen-bond donors (Lipinski definition) is 0. The highest BCUT2D eigenvalue weighted by atomic mass is 19.1. The lowest BCUT2D eigenvalue weighted by molar-refractivity contribution is 0.406. The van der Waals surface area contributed by atoms with E-state index >= 15 is 0 Å². The van der Waals surface area contributed by atoms with Gasteiger partial charge in [0.1, 0.15) is 23.6 Å². The first-order valence-corrected chi connectivity index (χ1v) is 8.31. The van der Waals surface area contributed by atoms with Crippen LogP contribution in [0.15, 0.2) is 64.0 Å². The molecule has 8 heteroatoms. The third kappa shape index (κ3) is 3.29. The van der Waals surface area contributed by atoms with Gasteiger partial charge in [-0.3, -0.25) is 0 Å². The fourth-order valence-electron chi connectivity index (χ4n) is 2.65. The Morgan fingerprint density at radius 1 is 1.07 bits per heavy atom. The zero-order valence-corrected chi connectivity index (χ0v) is 14.7. The minimum absolute atomic E-state index is 0.00170. The van der Waals surface area contributed by atoms with E-state index in [-0.39, 0.29) is 17.8 Å². The van der Waals surface area contributed by atoms with Crippen molar-refractivity contribution in [1.29, 1.82) is 0 Å². The predicted octanol–water partition coefficient (Wildman–Crippen LogP) is 4.12. The lowest BCUT2D eigenvalue weighted by Crippen LogP contribution is -2.22. The molecule has 7 nitrogen and oxygen atoms in total. The third-order valence-corrected chi connectivity index (χ3v) is 4.36. The molecular weight excluding hydrogens is 349 g/mol. The molecule has 0 aliphatic carbocycles. The highest BCUT2D eigenvalue weighted by Gasteiger charge is 2.17. The molecule has 0 aliphatic rings. The molecule has 0 amide bonds. The van der Waals surface area contributed by atoms with Crippen molar-refractivity contribution in [2.24, 2.45) is 0 Å². The Labute approximate surface area is 154 Å². The molecule has 0 aliphatic heterocycles. The van der Waals surface area contributed by atoms with E-state index in [0.717, 1.165) is 11.5 Å². The van der Waals surface area contributed by atoms with Crippen molar-refractivity contribution < 1.29 is 13.4 Å². The highest BCUT2D eigenvalue weighted by molar-refractivity contribution is 5.60. The van der Waals surface area contributed by atoms with E-state index in [2.05, 4.69) is 20.3 Å². The Morgan fingerprint density at radius 3 is 2.63 bits per heavy atom. The molecule has 27 heavy (non-hydrogen) atoms.